The predicted molar refractivity (Wildman–Crippen MR) is 169 cm³/mol. The van der Waals surface area contributed by atoms with Crippen LogP contribution in [0.25, 0.3) is 0 Å². The summed E-state index contributed by atoms with van der Waals surface area (Å²) >= 11 is 14.4. The summed E-state index contributed by atoms with van der Waals surface area (Å²) in [6.07, 6.45) is 1.80. The van der Waals surface area contributed by atoms with Crippen molar-refractivity contribution in [1.82, 2.24) is 4.90 Å². The third-order valence-electron chi connectivity index (χ3n) is 10.00. The van der Waals surface area contributed by atoms with Crippen molar-refractivity contribution in [3.05, 3.63) is 101 Å². The van der Waals surface area contributed by atoms with Gasteiger partial charge < -0.3 is 9.84 Å². The maximum Gasteiger partial charge on any atom is 0.253 e. The van der Waals surface area contributed by atoms with Crippen molar-refractivity contribution >= 4 is 58.3 Å². The Morgan fingerprint density at radius 2 is 1.54 bits per heavy atom. The quantitative estimate of drug-likeness (QED) is 0.180. The molecule has 0 aromatic heterocycles. The molecule has 2 aliphatic heterocycles. The first kappa shape index (κ1) is 30.2. The van der Waals surface area contributed by atoms with Gasteiger partial charge in [-0.3, -0.25) is 33.8 Å². The Kier molecular flexibility index (Phi) is 6.92. The van der Waals surface area contributed by atoms with E-state index in [1.807, 2.05) is 6.07 Å². The van der Waals surface area contributed by atoms with Crippen molar-refractivity contribution in [3.63, 3.8) is 0 Å². The van der Waals surface area contributed by atoms with Crippen molar-refractivity contribution in [2.75, 3.05) is 19.1 Å². The van der Waals surface area contributed by atoms with Crippen LogP contribution in [0.2, 0.25) is 0 Å². The first-order valence-electron chi connectivity index (χ1n) is 14.8. The van der Waals surface area contributed by atoms with E-state index >= 15 is 0 Å². The van der Waals surface area contributed by atoms with Gasteiger partial charge in [-0.25, -0.2) is 0 Å². The van der Waals surface area contributed by atoms with Crippen molar-refractivity contribution in [2.24, 2.45) is 17.8 Å². The number of carbonyl (C=O) groups excluding carboxylic acids is 5. The molecule has 0 spiro atoms. The molecule has 9 nitrogen and oxygen atoms in total. The first-order chi connectivity index (χ1) is 22.0. The van der Waals surface area contributed by atoms with Gasteiger partial charge in [0.05, 0.1) is 24.6 Å². The minimum absolute atomic E-state index is 0.131. The molecule has 1 N–H and O–H groups in total. The van der Waals surface area contributed by atoms with Gasteiger partial charge in [0.2, 0.25) is 11.8 Å². The van der Waals surface area contributed by atoms with Crippen molar-refractivity contribution in [3.8, 4) is 11.5 Å². The third-order valence-corrected chi connectivity index (χ3v) is 11.4. The van der Waals surface area contributed by atoms with E-state index in [1.54, 1.807) is 72.8 Å². The van der Waals surface area contributed by atoms with Crippen LogP contribution in [0.5, 0.6) is 11.5 Å². The number of carbonyl (C=O) groups is 5. The van der Waals surface area contributed by atoms with Crippen LogP contribution in [0.1, 0.15) is 40.2 Å². The maximum atomic E-state index is 14.2. The van der Waals surface area contributed by atoms with Gasteiger partial charge in [0, 0.05) is 29.7 Å². The molecule has 0 bridgehead atoms. The fraction of sp³-hybridized carbons (Fsp3) is 0.286. The van der Waals surface area contributed by atoms with E-state index in [9.17, 15) is 29.1 Å². The minimum atomic E-state index is -2.02. The van der Waals surface area contributed by atoms with Gasteiger partial charge in [-0.15, -0.1) is 23.2 Å². The van der Waals surface area contributed by atoms with E-state index in [1.165, 1.54) is 14.2 Å². The number of ether oxygens (including phenoxy) is 1. The van der Waals surface area contributed by atoms with Crippen LogP contribution < -0.4 is 9.64 Å². The van der Waals surface area contributed by atoms with Gasteiger partial charge in [-0.1, -0.05) is 54.1 Å². The molecule has 0 unspecified atom stereocenters. The Bertz CT molecular complexity index is 1880. The Morgan fingerprint density at radius 3 is 2.22 bits per heavy atom. The van der Waals surface area contributed by atoms with Crippen LogP contribution >= 0.6 is 23.2 Å². The number of rotatable bonds is 5. The molecule has 2 saturated heterocycles. The Hall–Kier alpha value is -4.47. The van der Waals surface area contributed by atoms with Gasteiger partial charge in [0.25, 0.3) is 11.8 Å². The lowest BCUT2D eigenvalue weighted by Gasteiger charge is -2.50. The highest BCUT2D eigenvalue weighted by Crippen LogP contribution is 2.66. The number of halogens is 2. The second-order valence-electron chi connectivity index (χ2n) is 12.2. The summed E-state index contributed by atoms with van der Waals surface area (Å²) in [5.74, 6) is -6.16. The molecule has 2 heterocycles. The number of phenolic OH excluding ortho intramolecular Hbond substituents is 1. The number of likely N-dealkylation sites (tertiary alicyclic amines) is 1. The van der Waals surface area contributed by atoms with E-state index < -0.39 is 57.0 Å². The maximum absolute atomic E-state index is 14.2. The number of nitrogens with zero attached hydrogens (tertiary/aromatic N) is 2. The first-order valence-corrected chi connectivity index (χ1v) is 15.5. The van der Waals surface area contributed by atoms with Gasteiger partial charge in [0.15, 0.2) is 27.0 Å². The largest absolute Gasteiger partial charge is 0.504 e. The van der Waals surface area contributed by atoms with Crippen molar-refractivity contribution in [2.45, 2.75) is 28.5 Å². The monoisotopic (exact) mass is 658 g/mol. The number of benzene rings is 3. The van der Waals surface area contributed by atoms with Crippen LogP contribution in [-0.2, 0) is 19.2 Å². The number of phenols is 1. The van der Waals surface area contributed by atoms with Gasteiger partial charge in [-0.05, 0) is 49.1 Å². The molecule has 7 rings (SSSR count). The fourth-order valence-electron chi connectivity index (χ4n) is 7.80. The molecule has 46 heavy (non-hydrogen) atoms. The molecule has 4 amide bonds. The summed E-state index contributed by atoms with van der Waals surface area (Å²) in [5, 5.41) is 11.3. The molecule has 11 heteroatoms. The van der Waals surface area contributed by atoms with Crippen molar-refractivity contribution in [1.29, 1.82) is 0 Å². The predicted octanol–water partition coefficient (Wildman–Crippen LogP) is 4.83. The highest BCUT2D eigenvalue weighted by Gasteiger charge is 2.76. The number of methoxy groups -OCH3 is 1. The molecule has 234 valence electrons. The normalized spacial score (nSPS) is 30.1. The number of imide groups is 2. The fourth-order valence-corrected chi connectivity index (χ4v) is 8.81. The Labute approximate surface area is 274 Å². The SMILES string of the molecule is COc1cccc([C@H]2C3=CC[C@@H]4C(=O)N(c5ccc(C(=O)c6ccccc6)cc5)C(=O)[C@@H]4[C@@H]3C[C@@]3(Cl)C(=O)N(C)C(=O)[C@@]23Cl)c1O. The number of alkyl halides is 2. The summed E-state index contributed by atoms with van der Waals surface area (Å²) in [7, 11) is 2.69. The average molecular weight is 660 g/mol. The molecule has 1 saturated carbocycles. The highest BCUT2D eigenvalue weighted by molar-refractivity contribution is 6.53. The molecule has 3 aromatic rings. The molecular formula is C35H28Cl2N2O7. The van der Waals surface area contributed by atoms with E-state index in [-0.39, 0.29) is 35.7 Å². The van der Waals surface area contributed by atoms with Gasteiger partial charge in [0.1, 0.15) is 0 Å². The molecule has 4 aliphatic rings. The average Bonchev–Trinajstić information content (AvgIpc) is 3.40. The zero-order valence-electron chi connectivity index (χ0n) is 24.8. The number of anilines is 1. The van der Waals surface area contributed by atoms with Crippen molar-refractivity contribution < 1.29 is 33.8 Å². The van der Waals surface area contributed by atoms with Crippen LogP contribution in [0.3, 0.4) is 0 Å². The number of fused-ring (bicyclic) bond motifs is 4. The summed E-state index contributed by atoms with van der Waals surface area (Å²) < 4.78 is 5.33. The van der Waals surface area contributed by atoms with Crippen LogP contribution in [0.4, 0.5) is 5.69 Å². The van der Waals surface area contributed by atoms with E-state index in [0.717, 1.165) is 9.80 Å². The smallest absolute Gasteiger partial charge is 0.253 e. The topological polar surface area (TPSA) is 121 Å². The Morgan fingerprint density at radius 1 is 0.870 bits per heavy atom. The summed E-state index contributed by atoms with van der Waals surface area (Å²) in [6, 6.07) is 19.8. The summed E-state index contributed by atoms with van der Waals surface area (Å²) in [4.78, 5) is 66.5. The molecule has 6 atom stereocenters. The second-order valence-corrected chi connectivity index (χ2v) is 13.4. The van der Waals surface area contributed by atoms with E-state index in [2.05, 4.69) is 0 Å². The zero-order chi connectivity index (χ0) is 32.7. The molecule has 2 aliphatic carbocycles. The molecule has 0 radical (unpaired) electrons. The lowest BCUT2D eigenvalue weighted by molar-refractivity contribution is -0.138. The number of para-hydroxylation sites is 1. The van der Waals surface area contributed by atoms with Crippen LogP contribution in [0.15, 0.2) is 84.4 Å². The van der Waals surface area contributed by atoms with Gasteiger partial charge in [-0.2, -0.15) is 0 Å². The van der Waals surface area contributed by atoms with E-state index in [0.29, 0.717) is 22.4 Å². The standard InChI is InChI=1S/C35H28Cl2N2O7/c1-38-32(44)34(36)17-24-21(27(35(34,37)33(38)45)23-9-6-10-25(46-2)29(23)41)15-16-22-26(24)31(43)39(30(22)42)20-13-11-19(12-14-20)28(40)18-7-4-3-5-8-18/h3-15,22,24,26-27,41H,16-17H2,1-2H3/t22-,24+,26-,27+,34+,35-/m0/s1. The minimum Gasteiger partial charge on any atom is -0.504 e. The number of ketones is 1. The third kappa shape index (κ3) is 3.91. The number of hydrogen-bond donors (Lipinski definition) is 1. The summed E-state index contributed by atoms with van der Waals surface area (Å²) in [6.45, 7) is 0. The second kappa shape index (κ2) is 10.5. The molecule has 3 fully saturated rings. The lowest BCUT2D eigenvalue weighted by Crippen LogP contribution is -2.60. The Balaban J connectivity index is 1.29. The van der Waals surface area contributed by atoms with Crippen LogP contribution in [-0.4, -0.2) is 63.3 Å². The van der Waals surface area contributed by atoms with Crippen LogP contribution in [0, 0.1) is 17.8 Å². The highest BCUT2D eigenvalue weighted by atomic mass is 35.5. The van der Waals surface area contributed by atoms with E-state index in [4.69, 9.17) is 27.9 Å². The number of hydrogen-bond acceptors (Lipinski definition) is 7. The summed E-state index contributed by atoms with van der Waals surface area (Å²) in [5.41, 5.74) is 2.00. The lowest BCUT2D eigenvalue weighted by atomic mass is 9.56. The number of aromatic hydroxyl groups is 1. The number of amides is 4. The zero-order valence-corrected chi connectivity index (χ0v) is 26.3. The molecule has 3 aromatic carbocycles. The molecular weight excluding hydrogens is 631 g/mol. The van der Waals surface area contributed by atoms with Gasteiger partial charge >= 0.3 is 0 Å². The number of allylic oxidation sites excluding steroid dienone is 2.